The highest BCUT2D eigenvalue weighted by Crippen LogP contribution is 2.39. The number of rotatable bonds is 7. The van der Waals surface area contributed by atoms with Crippen LogP contribution in [0.5, 0.6) is 11.5 Å². The zero-order valence-electron chi connectivity index (χ0n) is 12.0. The number of nitrogens with zero attached hydrogens (tertiary/aromatic N) is 1. The number of benzene rings is 1. The molecule has 0 aliphatic carbocycles. The van der Waals surface area contributed by atoms with E-state index in [1.54, 1.807) is 0 Å². The van der Waals surface area contributed by atoms with Gasteiger partial charge in [0.1, 0.15) is 23.7 Å². The predicted octanol–water partition coefficient (Wildman–Crippen LogP) is 1.36. The van der Waals surface area contributed by atoms with E-state index in [1.165, 1.54) is 31.1 Å². The second-order valence-corrected chi connectivity index (χ2v) is 5.55. The molecule has 0 saturated heterocycles. The maximum absolute atomic E-state index is 10.9. The van der Waals surface area contributed by atoms with Gasteiger partial charge in [-0.1, -0.05) is 0 Å². The minimum atomic E-state index is -0.289. The molecule has 2 rings (SSSR count). The molecular weight excluding hydrogens is 308 g/mol. The van der Waals surface area contributed by atoms with Gasteiger partial charge in [0.25, 0.3) is 0 Å². The number of carbonyl (C=O) groups excluding carboxylic acids is 1. The van der Waals surface area contributed by atoms with Crippen LogP contribution in [0.4, 0.5) is 4.79 Å². The number of aromatic amines is 1. The molecule has 5 N–H and O–H groups in total. The SMILES string of the molecule is CNC(=O)NCOCCCSc1cc(O)c2[nH]ncc2c1O. The molecule has 0 saturated carbocycles. The van der Waals surface area contributed by atoms with Crippen molar-refractivity contribution in [3.8, 4) is 11.5 Å². The molecule has 0 fully saturated rings. The number of phenolic OH excluding ortho intramolecular Hbond substituents is 2. The summed E-state index contributed by atoms with van der Waals surface area (Å²) >= 11 is 1.42. The highest BCUT2D eigenvalue weighted by atomic mass is 32.2. The Morgan fingerprint density at radius 3 is 3.09 bits per heavy atom. The van der Waals surface area contributed by atoms with Crippen LogP contribution in [0.2, 0.25) is 0 Å². The Morgan fingerprint density at radius 2 is 2.32 bits per heavy atom. The molecule has 1 aromatic heterocycles. The summed E-state index contributed by atoms with van der Waals surface area (Å²) in [6, 6.07) is 1.22. The lowest BCUT2D eigenvalue weighted by atomic mass is 10.2. The van der Waals surface area contributed by atoms with Crippen molar-refractivity contribution in [2.75, 3.05) is 26.1 Å². The van der Waals surface area contributed by atoms with Crippen molar-refractivity contribution in [2.45, 2.75) is 11.3 Å². The highest BCUT2D eigenvalue weighted by Gasteiger charge is 2.12. The largest absolute Gasteiger partial charge is 0.506 e. The molecule has 8 nitrogen and oxygen atoms in total. The van der Waals surface area contributed by atoms with Crippen molar-refractivity contribution in [2.24, 2.45) is 0 Å². The third kappa shape index (κ3) is 3.95. The molecule has 2 aromatic rings. The van der Waals surface area contributed by atoms with E-state index in [-0.39, 0.29) is 24.3 Å². The van der Waals surface area contributed by atoms with Gasteiger partial charge in [-0.25, -0.2) is 4.79 Å². The van der Waals surface area contributed by atoms with Gasteiger partial charge >= 0.3 is 6.03 Å². The summed E-state index contributed by atoms with van der Waals surface area (Å²) in [5.41, 5.74) is 0.422. The first-order valence-corrected chi connectivity index (χ1v) is 7.66. The second kappa shape index (κ2) is 7.76. The molecule has 0 bridgehead atoms. The number of nitrogens with one attached hydrogen (secondary N) is 3. The number of fused-ring (bicyclic) bond motifs is 1. The van der Waals surface area contributed by atoms with Crippen molar-refractivity contribution in [3.05, 3.63) is 12.3 Å². The van der Waals surface area contributed by atoms with Crippen LogP contribution in [0.15, 0.2) is 17.2 Å². The first-order valence-electron chi connectivity index (χ1n) is 6.67. The lowest BCUT2D eigenvalue weighted by Crippen LogP contribution is -2.34. The van der Waals surface area contributed by atoms with Crippen molar-refractivity contribution in [3.63, 3.8) is 0 Å². The summed E-state index contributed by atoms with van der Waals surface area (Å²) in [7, 11) is 1.53. The predicted molar refractivity (Wildman–Crippen MR) is 83.2 cm³/mol. The Hall–Kier alpha value is -2.13. The van der Waals surface area contributed by atoms with E-state index in [9.17, 15) is 15.0 Å². The summed E-state index contributed by atoms with van der Waals surface area (Å²) in [6.07, 6.45) is 2.21. The molecule has 0 unspecified atom stereocenters. The molecule has 1 heterocycles. The summed E-state index contributed by atoms with van der Waals surface area (Å²) < 4.78 is 5.24. The van der Waals surface area contributed by atoms with Crippen LogP contribution in [-0.4, -0.2) is 52.6 Å². The number of phenols is 2. The molecule has 1 aromatic carbocycles. The van der Waals surface area contributed by atoms with E-state index in [0.717, 1.165) is 6.42 Å². The molecule has 0 radical (unpaired) electrons. The van der Waals surface area contributed by atoms with Crippen LogP contribution in [0.1, 0.15) is 6.42 Å². The maximum atomic E-state index is 10.9. The lowest BCUT2D eigenvalue weighted by Gasteiger charge is -2.08. The van der Waals surface area contributed by atoms with Gasteiger partial charge in [-0.15, -0.1) is 11.8 Å². The first-order chi connectivity index (χ1) is 10.6. The monoisotopic (exact) mass is 326 g/mol. The second-order valence-electron chi connectivity index (χ2n) is 4.41. The smallest absolute Gasteiger partial charge is 0.316 e. The topological polar surface area (TPSA) is 120 Å². The average molecular weight is 326 g/mol. The highest BCUT2D eigenvalue weighted by molar-refractivity contribution is 7.99. The summed E-state index contributed by atoms with van der Waals surface area (Å²) in [5, 5.41) is 31.8. The van der Waals surface area contributed by atoms with Crippen molar-refractivity contribution in [1.29, 1.82) is 0 Å². The summed E-state index contributed by atoms with van der Waals surface area (Å²) in [6.45, 7) is 0.634. The van der Waals surface area contributed by atoms with E-state index in [4.69, 9.17) is 4.74 Å². The van der Waals surface area contributed by atoms with Crippen molar-refractivity contribution < 1.29 is 19.7 Å². The van der Waals surface area contributed by atoms with Gasteiger partial charge in [0, 0.05) is 19.4 Å². The number of carbonyl (C=O) groups is 1. The van der Waals surface area contributed by atoms with Crippen LogP contribution in [-0.2, 0) is 4.74 Å². The van der Waals surface area contributed by atoms with E-state index in [1.807, 2.05) is 0 Å². The number of ether oxygens (including phenoxy) is 1. The van der Waals surface area contributed by atoms with E-state index < -0.39 is 0 Å². The van der Waals surface area contributed by atoms with E-state index >= 15 is 0 Å². The molecule has 120 valence electrons. The maximum Gasteiger partial charge on any atom is 0.316 e. The summed E-state index contributed by atoms with van der Waals surface area (Å²) in [5.74, 6) is 0.864. The van der Waals surface area contributed by atoms with Gasteiger partial charge in [0.05, 0.1) is 16.5 Å². The number of hydrogen-bond acceptors (Lipinski definition) is 6. The molecular formula is C13H18N4O4S. The van der Waals surface area contributed by atoms with Gasteiger partial charge < -0.3 is 25.6 Å². The van der Waals surface area contributed by atoms with Crippen LogP contribution >= 0.6 is 11.8 Å². The van der Waals surface area contributed by atoms with Crippen LogP contribution in [0.25, 0.3) is 10.9 Å². The average Bonchev–Trinajstić information content (AvgIpc) is 3.01. The Kier molecular flexibility index (Phi) is 5.73. The zero-order valence-corrected chi connectivity index (χ0v) is 12.9. The molecule has 0 aliphatic heterocycles. The number of thioether (sulfide) groups is 1. The normalized spacial score (nSPS) is 10.8. The summed E-state index contributed by atoms with van der Waals surface area (Å²) in [4.78, 5) is 11.5. The molecule has 22 heavy (non-hydrogen) atoms. The quantitative estimate of drug-likeness (QED) is 0.227. The van der Waals surface area contributed by atoms with Crippen LogP contribution in [0, 0.1) is 0 Å². The van der Waals surface area contributed by atoms with E-state index in [2.05, 4.69) is 20.8 Å². The fraction of sp³-hybridized carbons (Fsp3) is 0.385. The standard InChI is InChI=1S/C13H18N4O4S/c1-14-13(20)15-7-21-3-2-4-22-10-5-9(18)11-8(12(10)19)6-16-17-11/h5-6,18-19H,2-4,7H2,1H3,(H,16,17)(H2,14,15,20). The fourth-order valence-electron chi connectivity index (χ4n) is 1.79. The Morgan fingerprint density at radius 1 is 1.50 bits per heavy atom. The van der Waals surface area contributed by atoms with Crippen molar-refractivity contribution >= 4 is 28.7 Å². The molecule has 0 spiro atoms. The Balaban J connectivity index is 1.76. The third-order valence-corrected chi connectivity index (χ3v) is 4.02. The van der Waals surface area contributed by atoms with Gasteiger partial charge in [-0.05, 0) is 12.5 Å². The van der Waals surface area contributed by atoms with Crippen LogP contribution in [0.3, 0.4) is 0 Å². The number of aromatic nitrogens is 2. The minimum Gasteiger partial charge on any atom is -0.506 e. The molecule has 0 atom stereocenters. The van der Waals surface area contributed by atoms with Gasteiger partial charge in [0.15, 0.2) is 0 Å². The number of H-pyrrole nitrogens is 1. The first kappa shape index (κ1) is 16.2. The van der Waals surface area contributed by atoms with E-state index in [0.29, 0.717) is 28.2 Å². The number of hydrogen-bond donors (Lipinski definition) is 5. The third-order valence-electron chi connectivity index (χ3n) is 2.90. The van der Waals surface area contributed by atoms with Crippen molar-refractivity contribution in [1.82, 2.24) is 20.8 Å². The van der Waals surface area contributed by atoms with Crippen LogP contribution < -0.4 is 10.6 Å². The minimum absolute atomic E-state index is 0.0545. The Bertz CT molecular complexity index is 646. The molecule has 0 aliphatic rings. The lowest BCUT2D eigenvalue weighted by molar-refractivity contribution is 0.121. The number of amides is 2. The fourth-order valence-corrected chi connectivity index (χ4v) is 2.71. The number of aromatic hydroxyl groups is 2. The molecule has 9 heteroatoms. The van der Waals surface area contributed by atoms with Gasteiger partial charge in [-0.2, -0.15) is 5.10 Å². The molecule has 2 amide bonds. The number of urea groups is 1. The van der Waals surface area contributed by atoms with Gasteiger partial charge in [-0.3, -0.25) is 5.10 Å². The zero-order chi connectivity index (χ0) is 15.9. The van der Waals surface area contributed by atoms with Gasteiger partial charge in [0.2, 0.25) is 0 Å². The Labute approximate surface area is 131 Å².